The molecule has 0 radical (unpaired) electrons. The second-order valence-corrected chi connectivity index (χ2v) is 5.74. The molecule has 0 aliphatic rings. The third-order valence-corrected chi connectivity index (χ3v) is 3.74. The number of hydrogen-bond donors (Lipinski definition) is 3. The summed E-state index contributed by atoms with van der Waals surface area (Å²) < 4.78 is 0. The van der Waals surface area contributed by atoms with Crippen LogP contribution in [0.1, 0.15) is 18.1 Å². The lowest BCUT2D eigenvalue weighted by atomic mass is 10.1. The van der Waals surface area contributed by atoms with Crippen LogP contribution < -0.4 is 16.0 Å². The zero-order valence-corrected chi connectivity index (χ0v) is 14.2. The molecule has 6 heteroatoms. The number of hydrogen-bond acceptors (Lipinski definition) is 2. The summed E-state index contributed by atoms with van der Waals surface area (Å²) in [5.41, 5.74) is 2.72. The highest BCUT2D eigenvalue weighted by atomic mass is 35.5. The van der Waals surface area contributed by atoms with Crippen molar-refractivity contribution in [2.24, 2.45) is 0 Å². The van der Waals surface area contributed by atoms with E-state index in [1.165, 1.54) is 6.92 Å². The summed E-state index contributed by atoms with van der Waals surface area (Å²) in [6.45, 7) is 2.38. The number of anilines is 1. The Morgan fingerprint density at radius 1 is 1.00 bits per heavy atom. The van der Waals surface area contributed by atoms with Crippen molar-refractivity contribution in [3.63, 3.8) is 0 Å². The molecule has 2 aromatic rings. The maximum Gasteiger partial charge on any atom is 0.315 e. The van der Waals surface area contributed by atoms with Gasteiger partial charge in [0.1, 0.15) is 0 Å². The number of urea groups is 1. The predicted octanol–water partition coefficient (Wildman–Crippen LogP) is 3.34. The van der Waals surface area contributed by atoms with Gasteiger partial charge in [0.15, 0.2) is 0 Å². The smallest absolute Gasteiger partial charge is 0.315 e. The topological polar surface area (TPSA) is 70.2 Å². The number of halogens is 1. The highest BCUT2D eigenvalue weighted by molar-refractivity contribution is 6.31. The Morgan fingerprint density at radius 2 is 1.71 bits per heavy atom. The van der Waals surface area contributed by atoms with Crippen LogP contribution >= 0.6 is 11.6 Å². The van der Waals surface area contributed by atoms with E-state index in [9.17, 15) is 9.59 Å². The van der Waals surface area contributed by atoms with Crippen molar-refractivity contribution < 1.29 is 9.59 Å². The van der Waals surface area contributed by atoms with E-state index in [1.54, 1.807) is 6.07 Å². The quantitative estimate of drug-likeness (QED) is 0.751. The van der Waals surface area contributed by atoms with Crippen molar-refractivity contribution in [1.82, 2.24) is 10.6 Å². The third kappa shape index (κ3) is 5.93. The molecule has 0 unspecified atom stereocenters. The van der Waals surface area contributed by atoms with Gasteiger partial charge < -0.3 is 16.0 Å². The first-order valence-electron chi connectivity index (χ1n) is 7.66. The molecular formula is C18H20ClN3O2. The van der Waals surface area contributed by atoms with E-state index >= 15 is 0 Å². The molecule has 2 rings (SSSR count). The fourth-order valence-electron chi connectivity index (χ4n) is 2.16. The van der Waals surface area contributed by atoms with E-state index < -0.39 is 0 Å². The van der Waals surface area contributed by atoms with Crippen LogP contribution in [-0.2, 0) is 17.8 Å². The molecule has 24 heavy (non-hydrogen) atoms. The molecule has 0 aliphatic carbocycles. The molecule has 0 saturated heterocycles. The molecule has 2 aromatic carbocycles. The van der Waals surface area contributed by atoms with Crippen molar-refractivity contribution in [3.8, 4) is 0 Å². The highest BCUT2D eigenvalue weighted by Crippen LogP contribution is 2.14. The standard InChI is InChI=1S/C18H20ClN3O2/c1-13(23)22-16-8-6-14(7-9-16)10-11-20-18(24)21-12-15-4-2-3-5-17(15)19/h2-9H,10-12H2,1H3,(H,22,23)(H2,20,21,24). The van der Waals surface area contributed by atoms with Crippen LogP contribution in [0.15, 0.2) is 48.5 Å². The fourth-order valence-corrected chi connectivity index (χ4v) is 2.36. The molecule has 0 saturated carbocycles. The van der Waals surface area contributed by atoms with Gasteiger partial charge in [-0.1, -0.05) is 41.9 Å². The molecular weight excluding hydrogens is 326 g/mol. The largest absolute Gasteiger partial charge is 0.338 e. The number of carbonyl (C=O) groups excluding carboxylic acids is 2. The average molecular weight is 346 g/mol. The van der Waals surface area contributed by atoms with Crippen molar-refractivity contribution in [2.75, 3.05) is 11.9 Å². The van der Waals surface area contributed by atoms with Gasteiger partial charge in [0.25, 0.3) is 0 Å². The van der Waals surface area contributed by atoms with Crippen molar-refractivity contribution in [1.29, 1.82) is 0 Å². The number of benzene rings is 2. The van der Waals surface area contributed by atoms with Gasteiger partial charge in [0, 0.05) is 30.7 Å². The van der Waals surface area contributed by atoms with Crippen molar-refractivity contribution in [2.45, 2.75) is 19.9 Å². The summed E-state index contributed by atoms with van der Waals surface area (Å²) in [7, 11) is 0. The van der Waals surface area contributed by atoms with Gasteiger partial charge in [0.05, 0.1) is 0 Å². The molecule has 5 nitrogen and oxygen atoms in total. The molecule has 0 fully saturated rings. The van der Waals surface area contributed by atoms with Crippen molar-refractivity contribution in [3.05, 3.63) is 64.7 Å². The first kappa shape index (κ1) is 17.8. The Labute approximate surface area is 146 Å². The highest BCUT2D eigenvalue weighted by Gasteiger charge is 2.03. The number of carbonyl (C=O) groups is 2. The van der Waals surface area contributed by atoms with E-state index in [1.807, 2.05) is 42.5 Å². The van der Waals surface area contributed by atoms with Crippen LogP contribution in [0.4, 0.5) is 10.5 Å². The van der Waals surface area contributed by atoms with E-state index in [0.717, 1.165) is 16.8 Å². The Kier molecular flexibility index (Phi) is 6.63. The molecule has 0 atom stereocenters. The molecule has 3 N–H and O–H groups in total. The summed E-state index contributed by atoms with van der Waals surface area (Å²) in [6, 6.07) is 14.7. The summed E-state index contributed by atoms with van der Waals surface area (Å²) in [4.78, 5) is 22.7. The summed E-state index contributed by atoms with van der Waals surface area (Å²) in [5.74, 6) is -0.0976. The minimum atomic E-state index is -0.232. The van der Waals surface area contributed by atoms with E-state index in [0.29, 0.717) is 24.5 Å². The Hall–Kier alpha value is -2.53. The van der Waals surface area contributed by atoms with E-state index in [2.05, 4.69) is 16.0 Å². The van der Waals surface area contributed by atoms with Crippen molar-refractivity contribution >= 4 is 29.2 Å². The zero-order chi connectivity index (χ0) is 17.4. The van der Waals surface area contributed by atoms with Gasteiger partial charge in [-0.25, -0.2) is 4.79 Å². The van der Waals surface area contributed by atoms with Crippen LogP contribution in [-0.4, -0.2) is 18.5 Å². The number of nitrogens with one attached hydrogen (secondary N) is 3. The lowest BCUT2D eigenvalue weighted by Gasteiger charge is -2.09. The third-order valence-electron chi connectivity index (χ3n) is 3.37. The average Bonchev–Trinajstić information content (AvgIpc) is 2.55. The van der Waals surface area contributed by atoms with Crippen LogP contribution in [0.3, 0.4) is 0 Å². The van der Waals surface area contributed by atoms with Gasteiger partial charge in [-0.3, -0.25) is 4.79 Å². The normalized spacial score (nSPS) is 10.1. The summed E-state index contributed by atoms with van der Waals surface area (Å²) in [6.07, 6.45) is 0.708. The molecule has 126 valence electrons. The fraction of sp³-hybridized carbons (Fsp3) is 0.222. The van der Waals surface area contributed by atoms with Crippen LogP contribution in [0.25, 0.3) is 0 Å². The molecule has 0 aliphatic heterocycles. The SMILES string of the molecule is CC(=O)Nc1ccc(CCNC(=O)NCc2ccccc2Cl)cc1. The van der Waals surface area contributed by atoms with Gasteiger partial charge in [-0.2, -0.15) is 0 Å². The summed E-state index contributed by atoms with van der Waals surface area (Å²) >= 11 is 6.04. The maximum absolute atomic E-state index is 11.8. The zero-order valence-electron chi connectivity index (χ0n) is 13.4. The van der Waals surface area contributed by atoms with Gasteiger partial charge in [0.2, 0.25) is 5.91 Å². The second-order valence-electron chi connectivity index (χ2n) is 5.33. The van der Waals surface area contributed by atoms with E-state index in [4.69, 9.17) is 11.6 Å². The molecule has 0 bridgehead atoms. The van der Waals surface area contributed by atoms with Crippen LogP contribution in [0.5, 0.6) is 0 Å². The van der Waals surface area contributed by atoms with Gasteiger partial charge in [-0.15, -0.1) is 0 Å². The first-order valence-corrected chi connectivity index (χ1v) is 8.04. The minimum absolute atomic E-state index is 0.0976. The Balaban J connectivity index is 1.70. The number of amides is 3. The minimum Gasteiger partial charge on any atom is -0.338 e. The lowest BCUT2D eigenvalue weighted by Crippen LogP contribution is -2.36. The van der Waals surface area contributed by atoms with Gasteiger partial charge in [-0.05, 0) is 35.7 Å². The molecule has 0 aromatic heterocycles. The monoisotopic (exact) mass is 345 g/mol. The number of rotatable bonds is 6. The maximum atomic E-state index is 11.8. The summed E-state index contributed by atoms with van der Waals surface area (Å²) in [5, 5.41) is 8.93. The van der Waals surface area contributed by atoms with Crippen LogP contribution in [0.2, 0.25) is 5.02 Å². The lowest BCUT2D eigenvalue weighted by molar-refractivity contribution is -0.114. The second kappa shape index (κ2) is 8.93. The Morgan fingerprint density at radius 3 is 2.38 bits per heavy atom. The molecule has 3 amide bonds. The first-order chi connectivity index (χ1) is 11.5. The van der Waals surface area contributed by atoms with Gasteiger partial charge >= 0.3 is 6.03 Å². The van der Waals surface area contributed by atoms with E-state index in [-0.39, 0.29) is 11.9 Å². The van der Waals surface area contributed by atoms with Crippen LogP contribution in [0, 0.1) is 0 Å². The molecule has 0 spiro atoms. The predicted molar refractivity (Wildman–Crippen MR) is 96.1 cm³/mol. The molecule has 0 heterocycles. The Bertz CT molecular complexity index is 702.